The number of carbonyl (C=O) groups is 1. The fourth-order valence-corrected chi connectivity index (χ4v) is 3.63. The highest BCUT2D eigenvalue weighted by atomic mass is 16.1. The molecule has 0 spiro atoms. The normalized spacial score (nSPS) is 11.0. The van der Waals surface area contributed by atoms with Crippen molar-refractivity contribution in [2.75, 3.05) is 24.5 Å². The van der Waals surface area contributed by atoms with Gasteiger partial charge >= 0.3 is 0 Å². The van der Waals surface area contributed by atoms with Gasteiger partial charge in [0.25, 0.3) is 11.5 Å². The predicted octanol–water partition coefficient (Wildman–Crippen LogP) is 3.49. The van der Waals surface area contributed by atoms with E-state index in [1.54, 1.807) is 30.5 Å². The summed E-state index contributed by atoms with van der Waals surface area (Å²) in [7, 11) is 0. The van der Waals surface area contributed by atoms with Crippen LogP contribution in [0, 0.1) is 0 Å². The molecule has 1 N–H and O–H groups in total. The van der Waals surface area contributed by atoms with Gasteiger partial charge in [0, 0.05) is 31.5 Å². The summed E-state index contributed by atoms with van der Waals surface area (Å²) in [4.78, 5) is 32.4. The molecule has 0 aliphatic rings. The van der Waals surface area contributed by atoms with Gasteiger partial charge in [-0.05, 0) is 49.7 Å². The van der Waals surface area contributed by atoms with Gasteiger partial charge in [0.05, 0.1) is 16.5 Å². The first kappa shape index (κ1) is 19.6. The van der Waals surface area contributed by atoms with Gasteiger partial charge in [0.1, 0.15) is 0 Å². The molecule has 0 saturated carbocycles. The number of hydrogen-bond acceptors (Lipinski definition) is 4. The van der Waals surface area contributed by atoms with E-state index in [0.717, 1.165) is 19.5 Å². The third-order valence-corrected chi connectivity index (χ3v) is 5.18. The zero-order valence-electron chi connectivity index (χ0n) is 16.9. The Bertz CT molecular complexity index is 1230. The average Bonchev–Trinajstić information content (AvgIpc) is 2.79. The van der Waals surface area contributed by atoms with Gasteiger partial charge in [-0.3, -0.25) is 14.0 Å². The van der Waals surface area contributed by atoms with E-state index in [0.29, 0.717) is 28.7 Å². The first-order valence-electron chi connectivity index (χ1n) is 10.2. The van der Waals surface area contributed by atoms with Gasteiger partial charge in [0.15, 0.2) is 5.65 Å². The van der Waals surface area contributed by atoms with Crippen molar-refractivity contribution in [1.82, 2.24) is 14.7 Å². The van der Waals surface area contributed by atoms with Crippen molar-refractivity contribution < 1.29 is 4.79 Å². The van der Waals surface area contributed by atoms with E-state index in [-0.39, 0.29) is 11.5 Å². The van der Waals surface area contributed by atoms with E-state index in [1.165, 1.54) is 10.1 Å². The molecule has 4 aromatic rings. The van der Waals surface area contributed by atoms with E-state index >= 15 is 0 Å². The third kappa shape index (κ3) is 3.89. The van der Waals surface area contributed by atoms with Crippen LogP contribution in [-0.4, -0.2) is 34.9 Å². The molecule has 2 aromatic heterocycles. The molecule has 0 aliphatic carbocycles. The highest BCUT2D eigenvalue weighted by Crippen LogP contribution is 2.14. The Hall–Kier alpha value is -3.67. The predicted molar refractivity (Wildman–Crippen MR) is 120 cm³/mol. The highest BCUT2D eigenvalue weighted by Gasteiger charge is 2.14. The number of rotatable bonds is 7. The van der Waals surface area contributed by atoms with Crippen molar-refractivity contribution in [3.05, 3.63) is 88.8 Å². The summed E-state index contributed by atoms with van der Waals surface area (Å²) in [5.74, 6) is -0.224. The number of aromatic nitrogens is 2. The molecule has 4 rings (SSSR count). The zero-order valence-corrected chi connectivity index (χ0v) is 16.9. The van der Waals surface area contributed by atoms with Gasteiger partial charge in [0.2, 0.25) is 0 Å². The summed E-state index contributed by atoms with van der Waals surface area (Å²) in [5, 5.41) is 3.50. The average molecular weight is 400 g/mol. The van der Waals surface area contributed by atoms with Crippen LogP contribution in [0.15, 0.2) is 77.7 Å². The van der Waals surface area contributed by atoms with Crippen molar-refractivity contribution in [3.63, 3.8) is 0 Å². The second kappa shape index (κ2) is 8.78. The Morgan fingerprint density at radius 3 is 2.60 bits per heavy atom. The number of hydrogen-bond donors (Lipinski definition) is 1. The van der Waals surface area contributed by atoms with Gasteiger partial charge in [-0.1, -0.05) is 30.3 Å². The SMILES string of the molecule is CCN(CCCNC(=O)c1cccn2c(=O)c3ccccc3nc12)c1ccccc1. The Kier molecular flexibility index (Phi) is 5.75. The lowest BCUT2D eigenvalue weighted by Crippen LogP contribution is -2.30. The van der Waals surface area contributed by atoms with Crippen LogP contribution in [0.2, 0.25) is 0 Å². The molecule has 2 heterocycles. The van der Waals surface area contributed by atoms with E-state index in [4.69, 9.17) is 0 Å². The lowest BCUT2D eigenvalue weighted by molar-refractivity contribution is 0.0954. The molecule has 0 aliphatic heterocycles. The number of carbonyl (C=O) groups excluding carboxylic acids is 1. The van der Waals surface area contributed by atoms with E-state index in [1.807, 2.05) is 30.3 Å². The number of fused-ring (bicyclic) bond motifs is 2. The monoisotopic (exact) mass is 400 g/mol. The number of benzene rings is 2. The number of amides is 1. The molecule has 152 valence electrons. The van der Waals surface area contributed by atoms with Crippen LogP contribution in [0.25, 0.3) is 16.6 Å². The maximum absolute atomic E-state index is 12.8. The largest absolute Gasteiger partial charge is 0.372 e. The Labute approximate surface area is 174 Å². The maximum atomic E-state index is 12.8. The van der Waals surface area contributed by atoms with E-state index in [2.05, 4.69) is 34.3 Å². The molecular formula is C24H24N4O2. The molecule has 1 amide bonds. The van der Waals surface area contributed by atoms with Crippen LogP contribution >= 0.6 is 0 Å². The second-order valence-electron chi connectivity index (χ2n) is 7.07. The number of anilines is 1. The van der Waals surface area contributed by atoms with Crippen molar-refractivity contribution in [1.29, 1.82) is 0 Å². The van der Waals surface area contributed by atoms with Crippen LogP contribution in [0.3, 0.4) is 0 Å². The van der Waals surface area contributed by atoms with Crippen LogP contribution in [0.1, 0.15) is 23.7 Å². The van der Waals surface area contributed by atoms with Gasteiger partial charge in [-0.25, -0.2) is 4.98 Å². The van der Waals surface area contributed by atoms with Gasteiger partial charge in [-0.15, -0.1) is 0 Å². The zero-order chi connectivity index (χ0) is 20.9. The minimum absolute atomic E-state index is 0.174. The quantitative estimate of drug-likeness (QED) is 0.381. The fraction of sp³-hybridized carbons (Fsp3) is 0.208. The first-order valence-corrected chi connectivity index (χ1v) is 10.2. The van der Waals surface area contributed by atoms with Crippen LogP contribution in [-0.2, 0) is 0 Å². The Morgan fingerprint density at radius 1 is 1.03 bits per heavy atom. The minimum Gasteiger partial charge on any atom is -0.372 e. The number of para-hydroxylation sites is 2. The van der Waals surface area contributed by atoms with Gasteiger partial charge < -0.3 is 10.2 Å². The lowest BCUT2D eigenvalue weighted by Gasteiger charge is -2.23. The molecule has 0 radical (unpaired) electrons. The molecule has 0 saturated heterocycles. The fourth-order valence-electron chi connectivity index (χ4n) is 3.63. The highest BCUT2D eigenvalue weighted by molar-refractivity contribution is 6.00. The minimum atomic E-state index is -0.224. The standard InChI is InChI=1S/C24H24N4O2/c1-2-27(18-10-4-3-5-11-18)16-9-15-25-23(29)20-13-8-17-28-22(20)26-21-14-7-6-12-19(21)24(28)30/h3-8,10-14,17H,2,9,15-16H2,1H3,(H,25,29). The maximum Gasteiger partial charge on any atom is 0.265 e. The summed E-state index contributed by atoms with van der Waals surface area (Å²) < 4.78 is 1.44. The molecule has 0 unspecified atom stereocenters. The molecule has 30 heavy (non-hydrogen) atoms. The molecule has 6 nitrogen and oxygen atoms in total. The Morgan fingerprint density at radius 2 is 1.80 bits per heavy atom. The van der Waals surface area contributed by atoms with Crippen LogP contribution in [0.4, 0.5) is 5.69 Å². The Balaban J connectivity index is 1.48. The second-order valence-corrected chi connectivity index (χ2v) is 7.07. The van der Waals surface area contributed by atoms with Crippen molar-refractivity contribution in [2.24, 2.45) is 0 Å². The topological polar surface area (TPSA) is 66.7 Å². The van der Waals surface area contributed by atoms with Crippen molar-refractivity contribution in [2.45, 2.75) is 13.3 Å². The molecule has 6 heteroatoms. The summed E-state index contributed by atoms with van der Waals surface area (Å²) in [5.41, 5.74) is 2.36. The van der Waals surface area contributed by atoms with E-state index in [9.17, 15) is 9.59 Å². The molecule has 2 aromatic carbocycles. The number of nitrogens with zero attached hydrogens (tertiary/aromatic N) is 3. The molecule has 0 fully saturated rings. The number of nitrogens with one attached hydrogen (secondary N) is 1. The van der Waals surface area contributed by atoms with Crippen molar-refractivity contribution in [3.8, 4) is 0 Å². The first-order chi connectivity index (χ1) is 14.7. The lowest BCUT2D eigenvalue weighted by atomic mass is 10.2. The van der Waals surface area contributed by atoms with Crippen LogP contribution in [0.5, 0.6) is 0 Å². The summed E-state index contributed by atoms with van der Waals surface area (Å²) in [6.07, 6.45) is 2.46. The number of pyridine rings is 1. The molecule has 0 atom stereocenters. The van der Waals surface area contributed by atoms with Crippen LogP contribution < -0.4 is 15.8 Å². The molecular weight excluding hydrogens is 376 g/mol. The molecule has 0 bridgehead atoms. The summed E-state index contributed by atoms with van der Waals surface area (Å²) in [6.45, 7) is 4.41. The summed E-state index contributed by atoms with van der Waals surface area (Å²) >= 11 is 0. The smallest absolute Gasteiger partial charge is 0.265 e. The van der Waals surface area contributed by atoms with E-state index < -0.39 is 0 Å². The van der Waals surface area contributed by atoms with Crippen molar-refractivity contribution >= 4 is 28.1 Å². The van der Waals surface area contributed by atoms with Gasteiger partial charge in [-0.2, -0.15) is 0 Å². The summed E-state index contributed by atoms with van der Waals surface area (Å²) in [6, 6.07) is 20.8. The third-order valence-electron chi connectivity index (χ3n) is 5.18.